The second-order valence-electron chi connectivity index (χ2n) is 5.26. The summed E-state index contributed by atoms with van der Waals surface area (Å²) in [5.74, 6) is -0.422. The lowest BCUT2D eigenvalue weighted by Crippen LogP contribution is -2.33. The molecule has 4 N–H and O–H groups in total. The summed E-state index contributed by atoms with van der Waals surface area (Å²) in [4.78, 5) is -0.202. The van der Waals surface area contributed by atoms with E-state index in [4.69, 9.17) is 5.73 Å². The molecule has 0 amide bonds. The molecule has 20 heavy (non-hydrogen) atoms. The standard InChI is InChI=1S/C13H21FN2O3S/c1-8(2)4-11(17)7-16-20(18,19)13-6-10(15)5-12(14)9(13)3/h5-6,8,11,16-17H,4,7,15H2,1-3H3. The molecule has 7 heteroatoms. The van der Waals surface area contributed by atoms with Crippen molar-refractivity contribution in [1.82, 2.24) is 4.72 Å². The van der Waals surface area contributed by atoms with Gasteiger partial charge in [-0.05, 0) is 31.4 Å². The van der Waals surface area contributed by atoms with Gasteiger partial charge in [-0.3, -0.25) is 0 Å². The number of nitrogen functional groups attached to an aromatic ring is 1. The molecule has 0 aliphatic carbocycles. The van der Waals surface area contributed by atoms with Crippen molar-refractivity contribution in [2.75, 3.05) is 12.3 Å². The molecule has 0 bridgehead atoms. The summed E-state index contributed by atoms with van der Waals surface area (Å²) in [7, 11) is -3.90. The SMILES string of the molecule is Cc1c(F)cc(N)cc1S(=O)(=O)NCC(O)CC(C)C. The molecule has 0 radical (unpaired) electrons. The summed E-state index contributed by atoms with van der Waals surface area (Å²) < 4.78 is 40.0. The van der Waals surface area contributed by atoms with Crippen LogP contribution in [0.1, 0.15) is 25.8 Å². The van der Waals surface area contributed by atoms with Gasteiger partial charge in [-0.2, -0.15) is 0 Å². The number of hydrogen-bond donors (Lipinski definition) is 3. The molecule has 0 saturated heterocycles. The van der Waals surface area contributed by atoms with Crippen LogP contribution in [-0.2, 0) is 10.0 Å². The topological polar surface area (TPSA) is 92.4 Å². The van der Waals surface area contributed by atoms with Gasteiger partial charge < -0.3 is 10.8 Å². The van der Waals surface area contributed by atoms with Crippen LogP contribution in [0, 0.1) is 18.7 Å². The molecule has 1 unspecified atom stereocenters. The van der Waals surface area contributed by atoms with E-state index < -0.39 is 21.9 Å². The summed E-state index contributed by atoms with van der Waals surface area (Å²) in [6.45, 7) is 5.11. The molecule has 0 fully saturated rings. The quantitative estimate of drug-likeness (QED) is 0.693. The molecule has 0 saturated carbocycles. The number of rotatable bonds is 6. The molecule has 5 nitrogen and oxygen atoms in total. The highest BCUT2D eigenvalue weighted by Gasteiger charge is 2.21. The highest BCUT2D eigenvalue weighted by molar-refractivity contribution is 7.89. The predicted octanol–water partition coefficient (Wildman–Crippen LogP) is 1.40. The summed E-state index contributed by atoms with van der Waals surface area (Å²) in [5, 5.41) is 9.68. The minimum absolute atomic E-state index is 0.00468. The maximum absolute atomic E-state index is 13.5. The van der Waals surface area contributed by atoms with Crippen molar-refractivity contribution >= 4 is 15.7 Å². The lowest BCUT2D eigenvalue weighted by molar-refractivity contribution is 0.152. The molecular formula is C13H21FN2O3S. The Balaban J connectivity index is 2.90. The van der Waals surface area contributed by atoms with Crippen molar-refractivity contribution in [2.45, 2.75) is 38.2 Å². The van der Waals surface area contributed by atoms with Crippen molar-refractivity contribution < 1.29 is 17.9 Å². The van der Waals surface area contributed by atoms with Gasteiger partial charge in [0.1, 0.15) is 5.82 Å². The van der Waals surface area contributed by atoms with Crippen molar-refractivity contribution in [3.05, 3.63) is 23.5 Å². The van der Waals surface area contributed by atoms with E-state index in [9.17, 15) is 17.9 Å². The van der Waals surface area contributed by atoms with Crippen LogP contribution in [0.5, 0.6) is 0 Å². The van der Waals surface area contributed by atoms with E-state index in [1.165, 1.54) is 13.0 Å². The molecule has 0 heterocycles. The third kappa shape index (κ3) is 4.43. The monoisotopic (exact) mass is 304 g/mol. The Labute approximate surface area is 119 Å². The van der Waals surface area contributed by atoms with E-state index >= 15 is 0 Å². The fraction of sp³-hybridized carbons (Fsp3) is 0.538. The van der Waals surface area contributed by atoms with Gasteiger partial charge in [0.25, 0.3) is 0 Å². The Morgan fingerprint density at radius 1 is 1.40 bits per heavy atom. The van der Waals surface area contributed by atoms with Gasteiger partial charge in [0.05, 0.1) is 11.0 Å². The highest BCUT2D eigenvalue weighted by Crippen LogP contribution is 2.21. The zero-order valence-electron chi connectivity index (χ0n) is 11.9. The summed E-state index contributed by atoms with van der Waals surface area (Å²) in [6, 6.07) is 2.28. The summed E-state index contributed by atoms with van der Waals surface area (Å²) in [6.07, 6.45) is -0.303. The van der Waals surface area contributed by atoms with Crippen LogP contribution in [0.4, 0.5) is 10.1 Å². The lowest BCUT2D eigenvalue weighted by atomic mass is 10.1. The molecule has 0 aliphatic rings. The number of nitrogens with one attached hydrogen (secondary N) is 1. The second kappa shape index (κ2) is 6.51. The number of benzene rings is 1. The van der Waals surface area contributed by atoms with Crippen molar-refractivity contribution in [3.63, 3.8) is 0 Å². The minimum atomic E-state index is -3.90. The molecule has 1 aromatic rings. The van der Waals surface area contributed by atoms with Gasteiger partial charge in [-0.25, -0.2) is 17.5 Å². The van der Waals surface area contributed by atoms with Gasteiger partial charge >= 0.3 is 0 Å². The number of halogens is 1. The molecule has 0 aliphatic heterocycles. The van der Waals surface area contributed by atoms with Gasteiger partial charge in [-0.1, -0.05) is 13.8 Å². The van der Waals surface area contributed by atoms with E-state index in [2.05, 4.69) is 4.72 Å². The Hall–Kier alpha value is -1.18. The molecule has 0 spiro atoms. The van der Waals surface area contributed by atoms with Crippen molar-refractivity contribution in [1.29, 1.82) is 0 Å². The van der Waals surface area contributed by atoms with Crippen LogP contribution in [0.2, 0.25) is 0 Å². The fourth-order valence-electron chi connectivity index (χ4n) is 1.86. The summed E-state index contributed by atoms with van der Waals surface area (Å²) in [5.41, 5.74) is 5.51. The van der Waals surface area contributed by atoms with Crippen LogP contribution in [0.15, 0.2) is 17.0 Å². The number of hydrogen-bond acceptors (Lipinski definition) is 4. The largest absolute Gasteiger partial charge is 0.399 e. The maximum Gasteiger partial charge on any atom is 0.241 e. The van der Waals surface area contributed by atoms with Crippen molar-refractivity contribution in [2.24, 2.45) is 5.92 Å². The number of aliphatic hydroxyl groups excluding tert-OH is 1. The molecule has 1 rings (SSSR count). The first-order chi connectivity index (χ1) is 9.13. The third-order valence-electron chi connectivity index (χ3n) is 2.86. The fourth-order valence-corrected chi connectivity index (χ4v) is 3.22. The van der Waals surface area contributed by atoms with Crippen LogP contribution in [0.25, 0.3) is 0 Å². The number of anilines is 1. The van der Waals surface area contributed by atoms with Crippen LogP contribution >= 0.6 is 0 Å². The Morgan fingerprint density at radius 3 is 2.55 bits per heavy atom. The van der Waals surface area contributed by atoms with Crippen LogP contribution < -0.4 is 10.5 Å². The number of aliphatic hydroxyl groups is 1. The van der Waals surface area contributed by atoms with Crippen molar-refractivity contribution in [3.8, 4) is 0 Å². The molecule has 0 aromatic heterocycles. The normalized spacial score (nSPS) is 13.7. The number of sulfonamides is 1. The molecule has 1 aromatic carbocycles. The van der Waals surface area contributed by atoms with E-state index in [0.717, 1.165) is 6.07 Å². The Morgan fingerprint density at radius 2 is 2.00 bits per heavy atom. The first kappa shape index (κ1) is 16.9. The molecule has 114 valence electrons. The first-order valence-electron chi connectivity index (χ1n) is 6.37. The second-order valence-corrected chi connectivity index (χ2v) is 7.00. The Bertz CT molecular complexity index is 573. The minimum Gasteiger partial charge on any atom is -0.399 e. The van der Waals surface area contributed by atoms with Gasteiger partial charge in [0.2, 0.25) is 10.0 Å². The van der Waals surface area contributed by atoms with Crippen LogP contribution in [-0.4, -0.2) is 26.2 Å². The number of nitrogens with two attached hydrogens (primary N) is 1. The van der Waals surface area contributed by atoms with E-state index in [-0.39, 0.29) is 28.6 Å². The predicted molar refractivity (Wildman–Crippen MR) is 76.2 cm³/mol. The van der Waals surface area contributed by atoms with E-state index in [1.807, 2.05) is 13.8 Å². The third-order valence-corrected chi connectivity index (χ3v) is 4.41. The smallest absolute Gasteiger partial charge is 0.241 e. The average Bonchev–Trinajstić information content (AvgIpc) is 2.30. The maximum atomic E-state index is 13.5. The lowest BCUT2D eigenvalue weighted by Gasteiger charge is -2.15. The van der Waals surface area contributed by atoms with E-state index in [1.54, 1.807) is 0 Å². The zero-order chi connectivity index (χ0) is 15.5. The van der Waals surface area contributed by atoms with Gasteiger partial charge in [0.15, 0.2) is 0 Å². The summed E-state index contributed by atoms with van der Waals surface area (Å²) >= 11 is 0. The molecular weight excluding hydrogens is 283 g/mol. The van der Waals surface area contributed by atoms with Crippen LogP contribution in [0.3, 0.4) is 0 Å². The van der Waals surface area contributed by atoms with E-state index in [0.29, 0.717) is 6.42 Å². The average molecular weight is 304 g/mol. The van der Waals surface area contributed by atoms with Gasteiger partial charge in [-0.15, -0.1) is 0 Å². The molecule has 1 atom stereocenters. The first-order valence-corrected chi connectivity index (χ1v) is 7.85. The highest BCUT2D eigenvalue weighted by atomic mass is 32.2. The Kier molecular flexibility index (Phi) is 5.50. The zero-order valence-corrected chi connectivity index (χ0v) is 12.7. The van der Waals surface area contributed by atoms with Gasteiger partial charge in [0, 0.05) is 17.8 Å².